The highest BCUT2D eigenvalue weighted by Crippen LogP contribution is 2.39. The van der Waals surface area contributed by atoms with E-state index in [4.69, 9.17) is 4.74 Å². The van der Waals surface area contributed by atoms with E-state index in [1.54, 1.807) is 0 Å². The standard InChI is InChI=1S/C16H20N2O/c1-18-16(10-17,14-6-7-14)11-19-15-8-5-12-3-2-4-13(12)9-15/h5,8-9,14,18H,2-4,6-7,11H2,1H3. The molecule has 100 valence electrons. The van der Waals surface area contributed by atoms with E-state index in [2.05, 4.69) is 23.5 Å². The maximum absolute atomic E-state index is 9.43. The number of nitrogens with one attached hydrogen (secondary N) is 1. The van der Waals surface area contributed by atoms with E-state index in [9.17, 15) is 5.26 Å². The lowest BCUT2D eigenvalue weighted by Gasteiger charge is -2.26. The van der Waals surface area contributed by atoms with E-state index >= 15 is 0 Å². The van der Waals surface area contributed by atoms with Crippen molar-refractivity contribution < 1.29 is 4.74 Å². The molecule has 1 aromatic carbocycles. The molecule has 1 saturated carbocycles. The van der Waals surface area contributed by atoms with Crippen LogP contribution >= 0.6 is 0 Å². The fourth-order valence-corrected chi connectivity index (χ4v) is 2.98. The fraction of sp³-hybridized carbons (Fsp3) is 0.562. The van der Waals surface area contributed by atoms with Crippen LogP contribution in [0.4, 0.5) is 0 Å². The van der Waals surface area contributed by atoms with Crippen LogP contribution in [-0.4, -0.2) is 19.2 Å². The van der Waals surface area contributed by atoms with Crippen LogP contribution in [0.25, 0.3) is 0 Å². The van der Waals surface area contributed by atoms with Crippen LogP contribution in [0.1, 0.15) is 30.4 Å². The monoisotopic (exact) mass is 256 g/mol. The minimum Gasteiger partial charge on any atom is -0.491 e. The summed E-state index contributed by atoms with van der Waals surface area (Å²) in [6, 6.07) is 8.76. The van der Waals surface area contributed by atoms with E-state index in [1.807, 2.05) is 13.1 Å². The molecule has 3 rings (SSSR count). The van der Waals surface area contributed by atoms with Gasteiger partial charge in [0, 0.05) is 0 Å². The molecule has 2 aliphatic carbocycles. The predicted octanol–water partition coefficient (Wildman–Crippen LogP) is 2.45. The molecule has 2 aliphatic rings. The third-order valence-electron chi connectivity index (χ3n) is 4.46. The Balaban J connectivity index is 1.70. The van der Waals surface area contributed by atoms with Gasteiger partial charge in [0.15, 0.2) is 0 Å². The first-order valence-corrected chi connectivity index (χ1v) is 7.12. The first kappa shape index (κ1) is 12.5. The summed E-state index contributed by atoms with van der Waals surface area (Å²) < 4.78 is 5.89. The third kappa shape index (κ3) is 2.33. The van der Waals surface area contributed by atoms with Gasteiger partial charge in [-0.1, -0.05) is 6.07 Å². The smallest absolute Gasteiger partial charge is 0.143 e. The summed E-state index contributed by atoms with van der Waals surface area (Å²) in [4.78, 5) is 0. The van der Waals surface area contributed by atoms with E-state index in [1.165, 1.54) is 24.0 Å². The van der Waals surface area contributed by atoms with Crippen molar-refractivity contribution in [3.8, 4) is 11.8 Å². The van der Waals surface area contributed by atoms with Crippen molar-refractivity contribution in [2.75, 3.05) is 13.7 Å². The predicted molar refractivity (Wildman–Crippen MR) is 74.1 cm³/mol. The molecule has 0 heterocycles. The number of nitrogens with zero attached hydrogens (tertiary/aromatic N) is 1. The van der Waals surface area contributed by atoms with E-state index in [0.29, 0.717) is 12.5 Å². The summed E-state index contributed by atoms with van der Waals surface area (Å²) in [5, 5.41) is 12.6. The largest absolute Gasteiger partial charge is 0.491 e. The Bertz CT molecular complexity index is 516. The van der Waals surface area contributed by atoms with Crippen molar-refractivity contribution in [1.29, 1.82) is 5.26 Å². The second-order valence-corrected chi connectivity index (χ2v) is 5.68. The summed E-state index contributed by atoms with van der Waals surface area (Å²) >= 11 is 0. The number of likely N-dealkylation sites (N-methyl/N-ethyl adjacent to an activating group) is 1. The molecule has 0 bridgehead atoms. The van der Waals surface area contributed by atoms with Crippen molar-refractivity contribution in [3.63, 3.8) is 0 Å². The zero-order valence-electron chi connectivity index (χ0n) is 11.4. The van der Waals surface area contributed by atoms with Gasteiger partial charge in [-0.25, -0.2) is 0 Å². The maximum atomic E-state index is 9.43. The molecule has 3 nitrogen and oxygen atoms in total. The Hall–Kier alpha value is -1.53. The average Bonchev–Trinajstić information content (AvgIpc) is 3.19. The number of nitriles is 1. The highest BCUT2D eigenvalue weighted by atomic mass is 16.5. The van der Waals surface area contributed by atoms with Crippen LogP contribution in [0.3, 0.4) is 0 Å². The lowest BCUT2D eigenvalue weighted by Crippen LogP contribution is -2.49. The molecule has 0 radical (unpaired) electrons. The van der Waals surface area contributed by atoms with Crippen molar-refractivity contribution in [3.05, 3.63) is 29.3 Å². The minimum atomic E-state index is -0.515. The topological polar surface area (TPSA) is 45.0 Å². The molecule has 3 heteroatoms. The van der Waals surface area contributed by atoms with Crippen molar-refractivity contribution in [2.24, 2.45) is 5.92 Å². The van der Waals surface area contributed by atoms with Gasteiger partial charge in [0.1, 0.15) is 17.9 Å². The molecule has 1 N–H and O–H groups in total. The summed E-state index contributed by atoms with van der Waals surface area (Å²) in [5.74, 6) is 1.34. The third-order valence-corrected chi connectivity index (χ3v) is 4.46. The van der Waals surface area contributed by atoms with Gasteiger partial charge in [0.25, 0.3) is 0 Å². The Morgan fingerprint density at radius 2 is 2.16 bits per heavy atom. The zero-order chi connectivity index (χ0) is 13.3. The van der Waals surface area contributed by atoms with E-state index < -0.39 is 5.54 Å². The molecule has 19 heavy (non-hydrogen) atoms. The Labute approximate surface area is 114 Å². The van der Waals surface area contributed by atoms with Gasteiger partial charge in [0.05, 0.1) is 6.07 Å². The van der Waals surface area contributed by atoms with Crippen LogP contribution in [0.2, 0.25) is 0 Å². The lowest BCUT2D eigenvalue weighted by atomic mass is 9.96. The molecule has 0 aromatic heterocycles. The number of benzene rings is 1. The maximum Gasteiger partial charge on any atom is 0.143 e. The van der Waals surface area contributed by atoms with Gasteiger partial charge >= 0.3 is 0 Å². The number of fused-ring (bicyclic) bond motifs is 1. The van der Waals surface area contributed by atoms with Crippen LogP contribution in [0, 0.1) is 17.2 Å². The van der Waals surface area contributed by atoms with Crippen molar-refractivity contribution >= 4 is 0 Å². The molecule has 1 unspecified atom stereocenters. The van der Waals surface area contributed by atoms with Crippen molar-refractivity contribution in [2.45, 2.75) is 37.6 Å². The first-order valence-electron chi connectivity index (χ1n) is 7.12. The second kappa shape index (κ2) is 4.86. The van der Waals surface area contributed by atoms with Crippen LogP contribution in [0.15, 0.2) is 18.2 Å². The summed E-state index contributed by atoms with van der Waals surface area (Å²) in [6.45, 7) is 0.434. The number of hydrogen-bond acceptors (Lipinski definition) is 3. The molecule has 0 saturated heterocycles. The lowest BCUT2D eigenvalue weighted by molar-refractivity contribution is 0.210. The van der Waals surface area contributed by atoms with Gasteiger partial charge < -0.3 is 4.74 Å². The molecule has 0 aliphatic heterocycles. The molecule has 1 aromatic rings. The summed E-state index contributed by atoms with van der Waals surface area (Å²) in [5.41, 5.74) is 2.35. The van der Waals surface area contributed by atoms with Crippen LogP contribution in [-0.2, 0) is 12.8 Å². The number of ether oxygens (including phenoxy) is 1. The van der Waals surface area contributed by atoms with Gasteiger partial charge in [-0.2, -0.15) is 5.26 Å². The van der Waals surface area contributed by atoms with Crippen LogP contribution in [0.5, 0.6) is 5.75 Å². The second-order valence-electron chi connectivity index (χ2n) is 5.68. The van der Waals surface area contributed by atoms with Gasteiger partial charge in [-0.15, -0.1) is 0 Å². The molecular formula is C16H20N2O. The Morgan fingerprint density at radius 3 is 2.84 bits per heavy atom. The highest BCUT2D eigenvalue weighted by Gasteiger charge is 2.45. The fourth-order valence-electron chi connectivity index (χ4n) is 2.98. The minimum absolute atomic E-state index is 0.434. The quantitative estimate of drug-likeness (QED) is 0.880. The highest BCUT2D eigenvalue weighted by molar-refractivity contribution is 5.38. The number of hydrogen-bond donors (Lipinski definition) is 1. The summed E-state index contributed by atoms with van der Waals surface area (Å²) in [6.07, 6.45) is 5.85. The van der Waals surface area contributed by atoms with E-state index in [-0.39, 0.29) is 0 Å². The van der Waals surface area contributed by atoms with Gasteiger partial charge in [0.2, 0.25) is 0 Å². The van der Waals surface area contributed by atoms with Gasteiger partial charge in [-0.3, -0.25) is 5.32 Å². The molecule has 0 spiro atoms. The molecule has 1 fully saturated rings. The van der Waals surface area contributed by atoms with E-state index in [0.717, 1.165) is 25.0 Å². The Kier molecular flexibility index (Phi) is 3.20. The molecule has 0 amide bonds. The van der Waals surface area contributed by atoms with Gasteiger partial charge in [-0.05, 0) is 68.3 Å². The average molecular weight is 256 g/mol. The Morgan fingerprint density at radius 1 is 1.37 bits per heavy atom. The molecule has 1 atom stereocenters. The zero-order valence-corrected chi connectivity index (χ0v) is 11.4. The SMILES string of the molecule is CNC(C#N)(COc1ccc2c(c1)CCC2)C1CC1. The normalized spacial score (nSPS) is 20.4. The number of rotatable bonds is 5. The number of aryl methyl sites for hydroxylation is 2. The van der Waals surface area contributed by atoms with Crippen LogP contribution < -0.4 is 10.1 Å². The molecular weight excluding hydrogens is 236 g/mol. The first-order chi connectivity index (χ1) is 9.27. The summed E-state index contributed by atoms with van der Waals surface area (Å²) in [7, 11) is 1.85. The van der Waals surface area contributed by atoms with Crippen molar-refractivity contribution in [1.82, 2.24) is 5.32 Å².